The number of likely N-dealkylation sites (tertiary alicyclic amines) is 1. The van der Waals surface area contributed by atoms with Crippen molar-refractivity contribution in [3.05, 3.63) is 35.4 Å². The molecule has 30 heavy (non-hydrogen) atoms. The van der Waals surface area contributed by atoms with Gasteiger partial charge in [0.15, 0.2) is 0 Å². The molecule has 1 saturated carbocycles. The number of aryl methyl sites for hydroxylation is 1. The van der Waals surface area contributed by atoms with E-state index in [-0.39, 0.29) is 5.41 Å². The van der Waals surface area contributed by atoms with Gasteiger partial charge < -0.3 is 21.3 Å². The fraction of sp³-hybridized carbons (Fsp3) is 0.636. The fourth-order valence-corrected chi connectivity index (χ4v) is 4.82. The molecule has 6 nitrogen and oxygen atoms in total. The maximum atomic E-state index is 13.6. The van der Waals surface area contributed by atoms with Crippen LogP contribution in [0.3, 0.4) is 0 Å². The van der Waals surface area contributed by atoms with Gasteiger partial charge in [0.25, 0.3) is 0 Å². The smallest absolute Gasteiger partial charge is 0.318 e. The number of benzene rings is 1. The summed E-state index contributed by atoms with van der Waals surface area (Å²) in [6.07, 6.45) is 4.26. The Morgan fingerprint density at radius 3 is 2.47 bits per heavy atom. The van der Waals surface area contributed by atoms with Crippen LogP contribution in [-0.4, -0.2) is 47.6 Å². The number of carbonyl (C=O) groups is 2. The van der Waals surface area contributed by atoms with Crippen LogP contribution in [0.25, 0.3) is 0 Å². The Morgan fingerprint density at radius 2 is 1.83 bits per heavy atom. The number of fused-ring (bicyclic) bond motifs is 2. The summed E-state index contributed by atoms with van der Waals surface area (Å²) >= 11 is 0. The van der Waals surface area contributed by atoms with Gasteiger partial charge in [0.2, 0.25) is 11.8 Å². The number of halogens is 2. The molecule has 1 spiro atoms. The minimum atomic E-state index is -3.08. The maximum absolute atomic E-state index is 13.6. The van der Waals surface area contributed by atoms with Gasteiger partial charge in [-0.25, -0.2) is 13.6 Å². The Balaban J connectivity index is 1.38. The summed E-state index contributed by atoms with van der Waals surface area (Å²) in [5.41, 5.74) is 7.92. The van der Waals surface area contributed by atoms with Crippen molar-refractivity contribution >= 4 is 11.9 Å². The van der Waals surface area contributed by atoms with Crippen molar-refractivity contribution in [3.63, 3.8) is 0 Å². The highest BCUT2D eigenvalue weighted by Crippen LogP contribution is 2.46. The second-order valence-corrected chi connectivity index (χ2v) is 9.35. The summed E-state index contributed by atoms with van der Waals surface area (Å²) in [5.74, 6) is -3.73. The molecule has 0 bridgehead atoms. The molecule has 0 aromatic heterocycles. The van der Waals surface area contributed by atoms with E-state index in [9.17, 15) is 18.4 Å². The molecule has 4 rings (SSSR count). The molecule has 0 radical (unpaired) electrons. The lowest BCUT2D eigenvalue weighted by Gasteiger charge is -2.40. The van der Waals surface area contributed by atoms with E-state index in [0.717, 1.165) is 32.6 Å². The van der Waals surface area contributed by atoms with Crippen LogP contribution >= 0.6 is 0 Å². The van der Waals surface area contributed by atoms with E-state index in [1.54, 1.807) is 4.90 Å². The van der Waals surface area contributed by atoms with Crippen LogP contribution in [0.4, 0.5) is 13.6 Å². The first kappa shape index (κ1) is 21.0. The number of amides is 3. The van der Waals surface area contributed by atoms with Crippen molar-refractivity contribution in [2.24, 2.45) is 5.73 Å². The SMILES string of the molecule is CC(F)(F)C[C@H](NC(=O)N1CCC2(CCc3ccccc32)CC1)C(=O)NC1(N)CC1. The van der Waals surface area contributed by atoms with E-state index >= 15 is 0 Å². The second-order valence-electron chi connectivity index (χ2n) is 9.35. The standard InChI is InChI=1S/C22H30F2N4O2/c1-20(23,24)14-17(18(29)27-22(25)8-9-22)26-19(30)28-12-10-21(11-13-28)7-6-15-4-2-3-5-16(15)21/h2-5,17H,6-14,25H2,1H3,(H,26,30)(H,27,29)/t17-/m0/s1. The van der Waals surface area contributed by atoms with Crippen molar-refractivity contribution in [3.8, 4) is 0 Å². The van der Waals surface area contributed by atoms with Crippen molar-refractivity contribution < 1.29 is 18.4 Å². The Kier molecular flexibility index (Phi) is 5.24. The monoisotopic (exact) mass is 420 g/mol. The Bertz CT molecular complexity index is 827. The largest absolute Gasteiger partial charge is 0.336 e. The molecule has 1 atom stereocenters. The fourth-order valence-electron chi connectivity index (χ4n) is 4.82. The van der Waals surface area contributed by atoms with E-state index in [4.69, 9.17) is 5.73 Å². The molecule has 1 aliphatic heterocycles. The minimum absolute atomic E-state index is 0.0957. The van der Waals surface area contributed by atoms with Crippen molar-refractivity contribution in [2.45, 2.75) is 74.9 Å². The van der Waals surface area contributed by atoms with Crippen molar-refractivity contribution in [2.75, 3.05) is 13.1 Å². The van der Waals surface area contributed by atoms with Crippen LogP contribution < -0.4 is 16.4 Å². The molecule has 0 unspecified atom stereocenters. The van der Waals surface area contributed by atoms with E-state index < -0.39 is 36.0 Å². The average Bonchev–Trinajstić information content (AvgIpc) is 3.31. The molecule has 8 heteroatoms. The van der Waals surface area contributed by atoms with Crippen LogP contribution in [0.15, 0.2) is 24.3 Å². The number of nitrogens with one attached hydrogen (secondary N) is 2. The molecular formula is C22H30F2N4O2. The summed E-state index contributed by atoms with van der Waals surface area (Å²) < 4.78 is 27.3. The van der Waals surface area contributed by atoms with Crippen LogP contribution in [0.2, 0.25) is 0 Å². The molecule has 2 aliphatic carbocycles. The van der Waals surface area contributed by atoms with Gasteiger partial charge in [0.1, 0.15) is 6.04 Å². The van der Waals surface area contributed by atoms with E-state index in [2.05, 4.69) is 34.9 Å². The highest BCUT2D eigenvalue weighted by atomic mass is 19.3. The predicted molar refractivity (Wildman–Crippen MR) is 109 cm³/mol. The summed E-state index contributed by atoms with van der Waals surface area (Å²) in [6, 6.07) is 6.68. The lowest BCUT2D eigenvalue weighted by Crippen LogP contribution is -2.57. The van der Waals surface area contributed by atoms with Crippen molar-refractivity contribution in [1.82, 2.24) is 15.5 Å². The molecule has 1 heterocycles. The maximum Gasteiger partial charge on any atom is 0.318 e. The number of hydrogen-bond acceptors (Lipinski definition) is 3. The third kappa shape index (κ3) is 4.43. The summed E-state index contributed by atoms with van der Waals surface area (Å²) in [7, 11) is 0. The van der Waals surface area contributed by atoms with Gasteiger partial charge >= 0.3 is 6.03 Å². The van der Waals surface area contributed by atoms with Gasteiger partial charge in [0, 0.05) is 19.5 Å². The van der Waals surface area contributed by atoms with Crippen molar-refractivity contribution in [1.29, 1.82) is 0 Å². The Morgan fingerprint density at radius 1 is 1.17 bits per heavy atom. The summed E-state index contributed by atoms with van der Waals surface area (Å²) in [6.45, 7) is 1.83. The van der Waals surface area contributed by atoms with Crippen LogP contribution in [0.5, 0.6) is 0 Å². The zero-order valence-electron chi connectivity index (χ0n) is 17.3. The topological polar surface area (TPSA) is 87.5 Å². The first-order chi connectivity index (χ1) is 14.1. The molecule has 1 aromatic carbocycles. The molecule has 2 fully saturated rings. The average molecular weight is 421 g/mol. The van der Waals surface area contributed by atoms with Crippen LogP contribution in [-0.2, 0) is 16.6 Å². The highest BCUT2D eigenvalue weighted by molar-refractivity contribution is 5.87. The molecule has 3 aliphatic rings. The third-order valence-electron chi connectivity index (χ3n) is 6.81. The third-order valence-corrected chi connectivity index (χ3v) is 6.81. The zero-order chi connectivity index (χ0) is 21.6. The number of rotatable bonds is 5. The van der Waals surface area contributed by atoms with Gasteiger partial charge in [-0.15, -0.1) is 0 Å². The number of hydrogen-bond donors (Lipinski definition) is 3. The first-order valence-corrected chi connectivity index (χ1v) is 10.7. The van der Waals surface area contributed by atoms with E-state index in [0.29, 0.717) is 25.9 Å². The zero-order valence-corrected chi connectivity index (χ0v) is 17.3. The normalized spacial score (nSPS) is 22.3. The lowest BCUT2D eigenvalue weighted by molar-refractivity contribution is -0.126. The lowest BCUT2D eigenvalue weighted by atomic mass is 9.74. The number of nitrogens with zero attached hydrogens (tertiary/aromatic N) is 1. The van der Waals surface area contributed by atoms with Crippen LogP contribution in [0.1, 0.15) is 56.6 Å². The Labute approximate surface area is 175 Å². The number of urea groups is 1. The number of nitrogens with two attached hydrogens (primary N) is 1. The molecular weight excluding hydrogens is 390 g/mol. The second kappa shape index (κ2) is 7.48. The highest BCUT2D eigenvalue weighted by Gasteiger charge is 2.44. The van der Waals surface area contributed by atoms with Gasteiger partial charge in [-0.3, -0.25) is 4.79 Å². The van der Waals surface area contributed by atoms with Crippen LogP contribution in [0, 0.1) is 0 Å². The number of alkyl halides is 2. The molecule has 4 N–H and O–H groups in total. The Hall–Kier alpha value is -2.22. The van der Waals surface area contributed by atoms with Gasteiger partial charge in [-0.2, -0.15) is 0 Å². The minimum Gasteiger partial charge on any atom is -0.336 e. The molecule has 164 valence electrons. The van der Waals surface area contributed by atoms with Gasteiger partial charge in [-0.1, -0.05) is 24.3 Å². The quantitative estimate of drug-likeness (QED) is 0.640. The summed E-state index contributed by atoms with van der Waals surface area (Å²) in [5, 5.41) is 5.12. The van der Waals surface area contributed by atoms with E-state index in [1.807, 2.05) is 0 Å². The number of piperidine rings is 1. The molecule has 3 amide bonds. The van der Waals surface area contributed by atoms with Gasteiger partial charge in [0.05, 0.1) is 5.66 Å². The van der Waals surface area contributed by atoms with E-state index in [1.165, 1.54) is 11.1 Å². The first-order valence-electron chi connectivity index (χ1n) is 10.7. The number of carbonyl (C=O) groups excluding carboxylic acids is 2. The molecule has 1 saturated heterocycles. The van der Waals surface area contributed by atoms with Gasteiger partial charge in [-0.05, 0) is 62.0 Å². The summed E-state index contributed by atoms with van der Waals surface area (Å²) in [4.78, 5) is 26.9. The molecule has 1 aromatic rings. The predicted octanol–water partition coefficient (Wildman–Crippen LogP) is 2.65.